The highest BCUT2D eigenvalue weighted by Crippen LogP contribution is 2.27. The normalized spacial score (nSPS) is 19.2. The summed E-state index contributed by atoms with van der Waals surface area (Å²) in [6, 6.07) is 5.62. The minimum Gasteiger partial charge on any atom is -0.497 e. The second kappa shape index (κ2) is 5.61. The summed E-state index contributed by atoms with van der Waals surface area (Å²) >= 11 is 3.48. The summed E-state index contributed by atoms with van der Waals surface area (Å²) in [4.78, 5) is 13.8. The van der Waals surface area contributed by atoms with Crippen LogP contribution in [0.4, 0.5) is 0 Å². The van der Waals surface area contributed by atoms with Gasteiger partial charge in [-0.2, -0.15) is 0 Å². The lowest BCUT2D eigenvalue weighted by Crippen LogP contribution is -2.24. The Bertz CT molecular complexity index is 450. The molecule has 98 valence electrons. The number of benzene rings is 1. The van der Waals surface area contributed by atoms with Gasteiger partial charge in [0.25, 0.3) is 0 Å². The second-order valence-corrected chi connectivity index (χ2v) is 5.55. The van der Waals surface area contributed by atoms with Crippen LogP contribution in [-0.2, 0) is 11.3 Å². The summed E-state index contributed by atoms with van der Waals surface area (Å²) in [5, 5.41) is 0. The van der Waals surface area contributed by atoms with E-state index in [1.54, 1.807) is 14.2 Å². The predicted octanol–water partition coefficient (Wildman–Crippen LogP) is 2.20. The van der Waals surface area contributed by atoms with E-state index < -0.39 is 0 Å². The number of alkyl halides is 1. The summed E-state index contributed by atoms with van der Waals surface area (Å²) < 4.78 is 10.5. The molecule has 1 aromatic rings. The zero-order chi connectivity index (χ0) is 13.1. The van der Waals surface area contributed by atoms with Crippen molar-refractivity contribution in [2.75, 3.05) is 20.8 Å². The molecule has 1 aromatic carbocycles. The molecule has 1 fully saturated rings. The zero-order valence-corrected chi connectivity index (χ0v) is 12.1. The van der Waals surface area contributed by atoms with Crippen LogP contribution in [0.1, 0.15) is 12.0 Å². The molecule has 1 atom stereocenters. The first-order chi connectivity index (χ1) is 8.63. The van der Waals surface area contributed by atoms with Gasteiger partial charge in [0.2, 0.25) is 5.91 Å². The van der Waals surface area contributed by atoms with Gasteiger partial charge in [-0.3, -0.25) is 4.79 Å². The average molecular weight is 314 g/mol. The van der Waals surface area contributed by atoms with Crippen LogP contribution in [0, 0.1) is 0 Å². The minimum absolute atomic E-state index is 0.168. The van der Waals surface area contributed by atoms with Gasteiger partial charge in [-0.15, -0.1) is 0 Å². The predicted molar refractivity (Wildman–Crippen MR) is 72.3 cm³/mol. The average Bonchev–Trinajstić information content (AvgIpc) is 2.67. The van der Waals surface area contributed by atoms with Crippen molar-refractivity contribution >= 4 is 21.8 Å². The molecule has 1 aliphatic rings. The van der Waals surface area contributed by atoms with Crippen molar-refractivity contribution in [1.82, 2.24) is 4.90 Å². The third-order valence-electron chi connectivity index (χ3n) is 3.02. The van der Waals surface area contributed by atoms with Crippen LogP contribution in [-0.4, -0.2) is 36.4 Å². The third kappa shape index (κ3) is 2.77. The fraction of sp³-hybridized carbons (Fsp3) is 0.462. The Hall–Kier alpha value is -1.23. The maximum absolute atomic E-state index is 11.8. The second-order valence-electron chi connectivity index (χ2n) is 4.25. The zero-order valence-electron chi connectivity index (χ0n) is 10.5. The first-order valence-electron chi connectivity index (χ1n) is 5.76. The van der Waals surface area contributed by atoms with E-state index in [4.69, 9.17) is 9.47 Å². The molecule has 0 N–H and O–H groups in total. The number of likely N-dealkylation sites (tertiary alicyclic amines) is 1. The van der Waals surface area contributed by atoms with E-state index in [2.05, 4.69) is 15.9 Å². The Morgan fingerprint density at radius 2 is 2.17 bits per heavy atom. The van der Waals surface area contributed by atoms with Gasteiger partial charge in [-0.25, -0.2) is 0 Å². The van der Waals surface area contributed by atoms with Gasteiger partial charge in [0.05, 0.1) is 14.2 Å². The van der Waals surface area contributed by atoms with Crippen LogP contribution < -0.4 is 9.47 Å². The number of halogens is 1. The number of hydrogen-bond acceptors (Lipinski definition) is 3. The largest absolute Gasteiger partial charge is 0.497 e. The fourth-order valence-electron chi connectivity index (χ4n) is 2.09. The molecule has 0 saturated carbocycles. The highest BCUT2D eigenvalue weighted by atomic mass is 79.9. The Labute approximate surface area is 115 Å². The lowest BCUT2D eigenvalue weighted by molar-refractivity contribution is -0.128. The molecule has 0 aliphatic carbocycles. The highest BCUT2D eigenvalue weighted by Gasteiger charge is 2.28. The summed E-state index contributed by atoms with van der Waals surface area (Å²) in [5.41, 5.74) is 0.965. The lowest BCUT2D eigenvalue weighted by atomic mass is 10.1. The van der Waals surface area contributed by atoms with Crippen molar-refractivity contribution in [1.29, 1.82) is 0 Å². The van der Waals surface area contributed by atoms with Crippen molar-refractivity contribution in [3.63, 3.8) is 0 Å². The van der Waals surface area contributed by atoms with Crippen LogP contribution >= 0.6 is 15.9 Å². The van der Waals surface area contributed by atoms with Crippen LogP contribution in [0.15, 0.2) is 18.2 Å². The third-order valence-corrected chi connectivity index (χ3v) is 3.63. The number of methoxy groups -OCH3 is 2. The number of ether oxygens (including phenoxy) is 2. The molecule has 18 heavy (non-hydrogen) atoms. The molecular formula is C13H16BrNO3. The first kappa shape index (κ1) is 13.2. The van der Waals surface area contributed by atoms with E-state index in [0.29, 0.717) is 13.0 Å². The number of nitrogens with zero attached hydrogens (tertiary/aromatic N) is 1. The van der Waals surface area contributed by atoms with E-state index >= 15 is 0 Å². The molecule has 0 aromatic heterocycles. The van der Waals surface area contributed by atoms with Gasteiger partial charge in [0, 0.05) is 29.9 Å². The molecule has 2 rings (SSSR count). The molecular weight excluding hydrogens is 298 g/mol. The van der Waals surface area contributed by atoms with Gasteiger partial charge in [-0.05, 0) is 18.2 Å². The van der Waals surface area contributed by atoms with E-state index in [0.717, 1.165) is 23.6 Å². The van der Waals surface area contributed by atoms with Gasteiger partial charge >= 0.3 is 0 Å². The Kier molecular flexibility index (Phi) is 4.11. The number of carbonyl (C=O) groups is 1. The standard InChI is InChI=1S/C13H16BrNO3/c1-17-11-3-4-12(18-2)9(5-11)7-15-8-10(14)6-13(15)16/h3-5,10H,6-8H2,1-2H3. The van der Waals surface area contributed by atoms with Crippen molar-refractivity contribution < 1.29 is 14.3 Å². The molecule has 5 heteroatoms. The molecule has 1 saturated heterocycles. The first-order valence-corrected chi connectivity index (χ1v) is 6.68. The molecule has 1 aliphatic heterocycles. The number of hydrogen-bond donors (Lipinski definition) is 0. The quantitative estimate of drug-likeness (QED) is 0.800. The summed E-state index contributed by atoms with van der Waals surface area (Å²) in [6.07, 6.45) is 0.562. The molecule has 0 bridgehead atoms. The van der Waals surface area contributed by atoms with Gasteiger partial charge in [0.15, 0.2) is 0 Å². The monoisotopic (exact) mass is 313 g/mol. The van der Waals surface area contributed by atoms with Crippen molar-refractivity contribution in [3.8, 4) is 11.5 Å². The molecule has 1 heterocycles. The van der Waals surface area contributed by atoms with Crippen LogP contribution in [0.5, 0.6) is 11.5 Å². The molecule has 0 radical (unpaired) electrons. The highest BCUT2D eigenvalue weighted by molar-refractivity contribution is 9.09. The summed E-state index contributed by atoms with van der Waals surface area (Å²) in [5.74, 6) is 1.72. The Morgan fingerprint density at radius 3 is 2.72 bits per heavy atom. The van der Waals surface area contributed by atoms with E-state index in [9.17, 15) is 4.79 Å². The van der Waals surface area contributed by atoms with Gasteiger partial charge in [-0.1, -0.05) is 15.9 Å². The fourth-order valence-corrected chi connectivity index (χ4v) is 2.71. The smallest absolute Gasteiger partial charge is 0.224 e. The number of rotatable bonds is 4. The Balaban J connectivity index is 2.19. The molecule has 1 amide bonds. The molecule has 4 nitrogen and oxygen atoms in total. The minimum atomic E-state index is 0.168. The maximum Gasteiger partial charge on any atom is 0.224 e. The molecule has 1 unspecified atom stereocenters. The van der Waals surface area contributed by atoms with Crippen LogP contribution in [0.2, 0.25) is 0 Å². The number of carbonyl (C=O) groups excluding carboxylic acids is 1. The maximum atomic E-state index is 11.8. The molecule has 0 spiro atoms. The number of amides is 1. The van der Waals surface area contributed by atoms with Crippen molar-refractivity contribution in [2.45, 2.75) is 17.8 Å². The SMILES string of the molecule is COc1ccc(OC)c(CN2CC(Br)CC2=O)c1. The van der Waals surface area contributed by atoms with Crippen LogP contribution in [0.3, 0.4) is 0 Å². The summed E-state index contributed by atoms with van der Waals surface area (Å²) in [7, 11) is 3.26. The van der Waals surface area contributed by atoms with E-state index in [1.165, 1.54) is 0 Å². The van der Waals surface area contributed by atoms with Crippen molar-refractivity contribution in [3.05, 3.63) is 23.8 Å². The van der Waals surface area contributed by atoms with Gasteiger partial charge < -0.3 is 14.4 Å². The van der Waals surface area contributed by atoms with Crippen molar-refractivity contribution in [2.24, 2.45) is 0 Å². The van der Waals surface area contributed by atoms with Crippen LogP contribution in [0.25, 0.3) is 0 Å². The van der Waals surface area contributed by atoms with E-state index in [-0.39, 0.29) is 10.7 Å². The Morgan fingerprint density at radius 1 is 1.39 bits per heavy atom. The van der Waals surface area contributed by atoms with E-state index in [1.807, 2.05) is 23.1 Å². The van der Waals surface area contributed by atoms with Gasteiger partial charge in [0.1, 0.15) is 11.5 Å². The topological polar surface area (TPSA) is 38.8 Å². The summed E-state index contributed by atoms with van der Waals surface area (Å²) in [6.45, 7) is 1.29. The lowest BCUT2D eigenvalue weighted by Gasteiger charge is -2.18.